The molecule has 1 aliphatic carbocycles. The lowest BCUT2D eigenvalue weighted by Gasteiger charge is -2.06. The highest BCUT2D eigenvalue weighted by Gasteiger charge is 2.23. The standard InChI is InChI=1S/C7H10ClNO3/c8-6-3-1-2-5(6)7(10)4-9(11)12/h7,10H,1-4H2/t7-/m1/s1. The molecule has 1 rings (SSSR count). The normalized spacial score (nSPS) is 19.8. The molecule has 4 nitrogen and oxygen atoms in total. The average Bonchev–Trinajstić information content (AvgIpc) is 2.33. The van der Waals surface area contributed by atoms with Crippen LogP contribution in [0.1, 0.15) is 19.3 Å². The van der Waals surface area contributed by atoms with Crippen LogP contribution in [-0.2, 0) is 0 Å². The summed E-state index contributed by atoms with van der Waals surface area (Å²) < 4.78 is 0. The van der Waals surface area contributed by atoms with Gasteiger partial charge in [-0.2, -0.15) is 0 Å². The van der Waals surface area contributed by atoms with E-state index in [2.05, 4.69) is 0 Å². The minimum atomic E-state index is -0.991. The van der Waals surface area contributed by atoms with E-state index in [1.54, 1.807) is 0 Å². The Labute approximate surface area is 75.0 Å². The van der Waals surface area contributed by atoms with Crippen molar-refractivity contribution in [2.24, 2.45) is 0 Å². The van der Waals surface area contributed by atoms with Crippen molar-refractivity contribution in [1.82, 2.24) is 0 Å². The lowest BCUT2D eigenvalue weighted by molar-refractivity contribution is -0.488. The molecule has 0 aromatic carbocycles. The summed E-state index contributed by atoms with van der Waals surface area (Å²) in [5.74, 6) is 0. The number of halogens is 1. The first-order chi connectivity index (χ1) is 5.61. The molecule has 0 aromatic heterocycles. The van der Waals surface area contributed by atoms with Gasteiger partial charge in [0, 0.05) is 9.96 Å². The van der Waals surface area contributed by atoms with E-state index < -0.39 is 17.6 Å². The van der Waals surface area contributed by atoms with E-state index >= 15 is 0 Å². The Hall–Kier alpha value is -0.610. The van der Waals surface area contributed by atoms with E-state index in [-0.39, 0.29) is 0 Å². The second-order valence-electron chi connectivity index (χ2n) is 2.81. The van der Waals surface area contributed by atoms with Gasteiger partial charge in [0.05, 0.1) is 0 Å². The minimum absolute atomic E-state index is 0.439. The Bertz CT molecular complexity index is 227. The van der Waals surface area contributed by atoms with Gasteiger partial charge in [-0.25, -0.2) is 0 Å². The fourth-order valence-corrected chi connectivity index (χ4v) is 1.68. The van der Waals surface area contributed by atoms with Gasteiger partial charge in [0.15, 0.2) is 0 Å². The van der Waals surface area contributed by atoms with Crippen LogP contribution in [0.3, 0.4) is 0 Å². The van der Waals surface area contributed by atoms with Crippen molar-refractivity contribution in [1.29, 1.82) is 0 Å². The van der Waals surface area contributed by atoms with Crippen molar-refractivity contribution >= 4 is 11.6 Å². The third kappa shape index (κ3) is 2.19. The van der Waals surface area contributed by atoms with Crippen molar-refractivity contribution in [2.75, 3.05) is 6.54 Å². The molecule has 1 N–H and O–H groups in total. The lowest BCUT2D eigenvalue weighted by Crippen LogP contribution is -2.21. The molecule has 0 spiro atoms. The summed E-state index contributed by atoms with van der Waals surface area (Å²) in [5, 5.41) is 20.0. The smallest absolute Gasteiger partial charge is 0.233 e. The second kappa shape index (κ2) is 3.87. The topological polar surface area (TPSA) is 63.4 Å². The zero-order valence-corrected chi connectivity index (χ0v) is 7.25. The molecule has 0 heterocycles. The van der Waals surface area contributed by atoms with Gasteiger partial charge >= 0.3 is 0 Å². The highest BCUT2D eigenvalue weighted by molar-refractivity contribution is 6.30. The summed E-state index contributed by atoms with van der Waals surface area (Å²) in [4.78, 5) is 9.53. The molecule has 0 aliphatic heterocycles. The molecule has 0 saturated carbocycles. The minimum Gasteiger partial charge on any atom is -0.382 e. The molecule has 5 heteroatoms. The molecule has 0 unspecified atom stereocenters. The van der Waals surface area contributed by atoms with E-state index in [1.807, 2.05) is 0 Å². The molecule has 0 radical (unpaired) electrons. The maximum absolute atomic E-state index is 10.1. The Morgan fingerprint density at radius 1 is 1.67 bits per heavy atom. The molecule has 12 heavy (non-hydrogen) atoms. The van der Waals surface area contributed by atoms with Gasteiger partial charge < -0.3 is 5.11 Å². The number of aliphatic hydroxyl groups excluding tert-OH is 1. The van der Waals surface area contributed by atoms with Crippen LogP contribution in [0, 0.1) is 10.1 Å². The van der Waals surface area contributed by atoms with Gasteiger partial charge in [0.2, 0.25) is 6.54 Å². The van der Waals surface area contributed by atoms with Gasteiger partial charge in [-0.15, -0.1) is 0 Å². The highest BCUT2D eigenvalue weighted by Crippen LogP contribution is 2.30. The summed E-state index contributed by atoms with van der Waals surface area (Å²) in [7, 11) is 0. The number of rotatable bonds is 3. The van der Waals surface area contributed by atoms with Crippen LogP contribution in [0.25, 0.3) is 0 Å². The highest BCUT2D eigenvalue weighted by atomic mass is 35.5. The lowest BCUT2D eigenvalue weighted by atomic mass is 10.1. The van der Waals surface area contributed by atoms with E-state index in [0.29, 0.717) is 17.0 Å². The van der Waals surface area contributed by atoms with Crippen molar-refractivity contribution in [3.05, 3.63) is 20.7 Å². The van der Waals surface area contributed by atoms with E-state index in [9.17, 15) is 15.2 Å². The SMILES string of the molecule is O=[N+]([O-])C[C@@H](O)C1=C(Cl)CCC1. The summed E-state index contributed by atoms with van der Waals surface area (Å²) in [6.45, 7) is -0.439. The van der Waals surface area contributed by atoms with Crippen molar-refractivity contribution < 1.29 is 10.0 Å². The van der Waals surface area contributed by atoms with Crippen LogP contribution in [0.15, 0.2) is 10.6 Å². The fourth-order valence-electron chi connectivity index (χ4n) is 1.33. The number of aliphatic hydroxyl groups is 1. The Morgan fingerprint density at radius 3 is 2.75 bits per heavy atom. The van der Waals surface area contributed by atoms with Crippen molar-refractivity contribution in [3.8, 4) is 0 Å². The number of allylic oxidation sites excluding steroid dienone is 1. The predicted molar refractivity (Wildman–Crippen MR) is 44.6 cm³/mol. The van der Waals surface area contributed by atoms with E-state index in [1.165, 1.54) is 0 Å². The van der Waals surface area contributed by atoms with Gasteiger partial charge in [-0.05, 0) is 24.8 Å². The van der Waals surface area contributed by atoms with Crippen LogP contribution in [0.4, 0.5) is 0 Å². The quantitative estimate of drug-likeness (QED) is 0.540. The molecule has 0 bridgehead atoms. The molecule has 0 fully saturated rings. The summed E-state index contributed by atoms with van der Waals surface area (Å²) in [6, 6.07) is 0. The molecule has 0 aromatic rings. The van der Waals surface area contributed by atoms with Crippen LogP contribution < -0.4 is 0 Å². The van der Waals surface area contributed by atoms with Crippen LogP contribution in [0.5, 0.6) is 0 Å². The third-order valence-electron chi connectivity index (χ3n) is 1.92. The molecule has 0 amide bonds. The maximum atomic E-state index is 10.1. The zero-order valence-electron chi connectivity index (χ0n) is 6.49. The number of hydrogen-bond donors (Lipinski definition) is 1. The Balaban J connectivity index is 2.57. The van der Waals surface area contributed by atoms with Gasteiger partial charge in [-0.3, -0.25) is 10.1 Å². The molecule has 1 aliphatic rings. The third-order valence-corrected chi connectivity index (χ3v) is 2.35. The average molecular weight is 192 g/mol. The van der Waals surface area contributed by atoms with Crippen molar-refractivity contribution in [2.45, 2.75) is 25.4 Å². The first-order valence-corrected chi connectivity index (χ1v) is 4.16. The van der Waals surface area contributed by atoms with E-state index in [0.717, 1.165) is 12.8 Å². The van der Waals surface area contributed by atoms with Crippen LogP contribution in [-0.4, -0.2) is 22.7 Å². The second-order valence-corrected chi connectivity index (χ2v) is 3.27. The van der Waals surface area contributed by atoms with Crippen molar-refractivity contribution in [3.63, 3.8) is 0 Å². The number of nitrogens with zero attached hydrogens (tertiary/aromatic N) is 1. The first kappa shape index (κ1) is 9.48. The Kier molecular flexibility index (Phi) is 3.05. The molecular formula is C7H10ClNO3. The molecule has 0 saturated heterocycles. The fraction of sp³-hybridized carbons (Fsp3) is 0.714. The largest absolute Gasteiger partial charge is 0.382 e. The molecule has 1 atom stereocenters. The zero-order chi connectivity index (χ0) is 9.14. The maximum Gasteiger partial charge on any atom is 0.233 e. The van der Waals surface area contributed by atoms with Crippen LogP contribution >= 0.6 is 11.6 Å². The Morgan fingerprint density at radius 2 is 2.33 bits per heavy atom. The summed E-state index contributed by atoms with van der Waals surface area (Å²) in [5.41, 5.74) is 0.647. The van der Waals surface area contributed by atoms with Gasteiger partial charge in [-0.1, -0.05) is 11.6 Å². The number of nitro groups is 1. The van der Waals surface area contributed by atoms with Gasteiger partial charge in [0.1, 0.15) is 6.10 Å². The monoisotopic (exact) mass is 191 g/mol. The summed E-state index contributed by atoms with van der Waals surface area (Å²) in [6.07, 6.45) is 1.33. The van der Waals surface area contributed by atoms with E-state index in [4.69, 9.17) is 11.6 Å². The molecule has 68 valence electrons. The summed E-state index contributed by atoms with van der Waals surface area (Å²) >= 11 is 5.75. The predicted octanol–water partition coefficient (Wildman–Crippen LogP) is 1.30. The van der Waals surface area contributed by atoms with Crippen LogP contribution in [0.2, 0.25) is 0 Å². The first-order valence-electron chi connectivity index (χ1n) is 3.78. The molecular weight excluding hydrogens is 182 g/mol. The van der Waals surface area contributed by atoms with Gasteiger partial charge in [0.25, 0.3) is 0 Å². The number of hydrogen-bond acceptors (Lipinski definition) is 3.